The molecule has 3 rings (SSSR count). The Morgan fingerprint density at radius 2 is 1.92 bits per heavy atom. The Balaban J connectivity index is 2.13. The third-order valence-electron chi connectivity index (χ3n) is 3.38. The number of aromatic amines is 1. The second-order valence-electron chi connectivity index (χ2n) is 5.06. The van der Waals surface area contributed by atoms with Crippen molar-refractivity contribution >= 4 is 54.5 Å². The van der Waals surface area contributed by atoms with Gasteiger partial charge in [-0.25, -0.2) is 9.37 Å². The fourth-order valence-electron chi connectivity index (χ4n) is 2.22. The van der Waals surface area contributed by atoms with Gasteiger partial charge in [0.2, 0.25) is 0 Å². The molecule has 1 atom stereocenters. The van der Waals surface area contributed by atoms with Gasteiger partial charge in [0.15, 0.2) is 4.99 Å². The minimum absolute atomic E-state index is 0.00225. The number of H-pyrrole nitrogens is 1. The summed E-state index contributed by atoms with van der Waals surface area (Å²) in [7, 11) is -4.45. The summed E-state index contributed by atoms with van der Waals surface area (Å²) in [6.45, 7) is 0. The van der Waals surface area contributed by atoms with Crippen molar-refractivity contribution in [1.29, 1.82) is 0 Å². The SMILES string of the molecule is O=P(O)(O)C(S)c1nc2cc(-c3ccc(Cl)c(F)c3)c(Cl)cc2[nH]1. The zero-order valence-corrected chi connectivity index (χ0v) is 15.0. The largest absolute Gasteiger partial charge is 0.345 e. The molecule has 1 heterocycles. The first-order chi connectivity index (χ1) is 11.2. The fourth-order valence-corrected chi connectivity index (χ4v) is 3.17. The first-order valence-corrected chi connectivity index (χ1v) is 9.50. The molecule has 2 aromatic carbocycles. The van der Waals surface area contributed by atoms with Gasteiger partial charge in [-0.05, 0) is 29.8 Å². The first-order valence-electron chi connectivity index (χ1n) is 6.54. The molecule has 0 saturated heterocycles. The van der Waals surface area contributed by atoms with Gasteiger partial charge in [-0.2, -0.15) is 12.6 Å². The van der Waals surface area contributed by atoms with E-state index in [0.717, 1.165) is 0 Å². The average molecular weight is 407 g/mol. The van der Waals surface area contributed by atoms with Crippen molar-refractivity contribution < 1.29 is 18.7 Å². The van der Waals surface area contributed by atoms with Gasteiger partial charge in [-0.15, -0.1) is 0 Å². The highest BCUT2D eigenvalue weighted by molar-refractivity contribution is 7.88. The number of nitrogens with zero attached hydrogens (tertiary/aromatic N) is 1. The number of rotatable bonds is 3. The minimum atomic E-state index is -4.45. The smallest absolute Gasteiger partial charge is 0.340 e. The number of halogens is 3. The summed E-state index contributed by atoms with van der Waals surface area (Å²) in [4.78, 5) is 24.0. The third-order valence-corrected chi connectivity index (χ3v) is 6.03. The van der Waals surface area contributed by atoms with Crippen molar-refractivity contribution in [3.05, 3.63) is 52.0 Å². The van der Waals surface area contributed by atoms with Crippen molar-refractivity contribution in [2.45, 2.75) is 4.99 Å². The van der Waals surface area contributed by atoms with E-state index in [4.69, 9.17) is 23.2 Å². The second-order valence-corrected chi connectivity index (χ2v) is 8.50. The van der Waals surface area contributed by atoms with Gasteiger partial charge >= 0.3 is 7.60 Å². The van der Waals surface area contributed by atoms with Crippen molar-refractivity contribution in [3.63, 3.8) is 0 Å². The zero-order valence-electron chi connectivity index (χ0n) is 11.7. The Morgan fingerprint density at radius 3 is 2.54 bits per heavy atom. The number of hydrogen-bond acceptors (Lipinski definition) is 3. The van der Waals surface area contributed by atoms with Gasteiger partial charge in [0.25, 0.3) is 0 Å². The van der Waals surface area contributed by atoms with E-state index in [9.17, 15) is 18.7 Å². The lowest BCUT2D eigenvalue weighted by molar-refractivity contribution is 0.370. The van der Waals surface area contributed by atoms with Crippen LogP contribution in [0.1, 0.15) is 10.8 Å². The molecule has 0 spiro atoms. The van der Waals surface area contributed by atoms with Crippen molar-refractivity contribution in [3.8, 4) is 11.1 Å². The van der Waals surface area contributed by atoms with E-state index >= 15 is 0 Å². The van der Waals surface area contributed by atoms with Crippen LogP contribution in [0.5, 0.6) is 0 Å². The monoisotopic (exact) mass is 406 g/mol. The van der Waals surface area contributed by atoms with Crippen LogP contribution in [-0.4, -0.2) is 19.8 Å². The summed E-state index contributed by atoms with van der Waals surface area (Å²) in [6, 6.07) is 7.43. The molecule has 5 nitrogen and oxygen atoms in total. The third kappa shape index (κ3) is 3.33. The Kier molecular flexibility index (Phi) is 4.68. The van der Waals surface area contributed by atoms with Crippen molar-refractivity contribution in [2.75, 3.05) is 0 Å². The number of thiol groups is 1. The van der Waals surface area contributed by atoms with Crippen LogP contribution >= 0.6 is 43.4 Å². The molecule has 0 radical (unpaired) electrons. The molecule has 1 aromatic heterocycles. The van der Waals surface area contributed by atoms with E-state index in [1.807, 2.05) is 0 Å². The van der Waals surface area contributed by atoms with Gasteiger partial charge in [-0.1, -0.05) is 29.3 Å². The van der Waals surface area contributed by atoms with Gasteiger partial charge < -0.3 is 14.8 Å². The highest BCUT2D eigenvalue weighted by atomic mass is 35.5. The molecule has 3 N–H and O–H groups in total. The van der Waals surface area contributed by atoms with Crippen LogP contribution in [0.3, 0.4) is 0 Å². The molecular formula is C14H10Cl2FN2O3PS. The Hall–Kier alpha value is -1.08. The van der Waals surface area contributed by atoms with Crippen LogP contribution in [-0.2, 0) is 4.57 Å². The van der Waals surface area contributed by atoms with E-state index < -0.39 is 18.4 Å². The molecule has 0 aliphatic carbocycles. The summed E-state index contributed by atoms with van der Waals surface area (Å²) in [5.41, 5.74) is 1.93. The first kappa shape index (κ1) is 17.7. The maximum Gasteiger partial charge on any atom is 0.345 e. The van der Waals surface area contributed by atoms with Crippen LogP contribution in [0.2, 0.25) is 10.0 Å². The van der Waals surface area contributed by atoms with Crippen LogP contribution in [0, 0.1) is 5.82 Å². The number of hydrogen-bond donors (Lipinski definition) is 4. The molecule has 0 saturated carbocycles. The summed E-state index contributed by atoms with van der Waals surface area (Å²) in [5.74, 6) is -0.554. The van der Waals surface area contributed by atoms with Gasteiger partial charge in [0.05, 0.1) is 21.1 Å². The lowest BCUT2D eigenvalue weighted by Gasteiger charge is -2.08. The lowest BCUT2D eigenvalue weighted by Crippen LogP contribution is -1.94. The summed E-state index contributed by atoms with van der Waals surface area (Å²) >= 11 is 15.8. The molecule has 126 valence electrons. The molecule has 0 aliphatic rings. The van der Waals surface area contributed by atoms with Crippen LogP contribution < -0.4 is 0 Å². The summed E-state index contributed by atoms with van der Waals surface area (Å²) in [5, 5.41) is 0.323. The standard InChI is InChI=1S/C14H10Cl2FN2O3PS/c15-8-2-1-6(3-10(8)17)7-4-11-12(5-9(7)16)19-13(18-11)14(24)23(20,21)22/h1-5,14,24H,(H,18,19)(H2,20,21,22). The molecule has 0 aliphatic heterocycles. The number of nitrogens with one attached hydrogen (secondary N) is 1. The van der Waals surface area contributed by atoms with Gasteiger partial charge in [0.1, 0.15) is 11.6 Å². The highest BCUT2D eigenvalue weighted by Gasteiger charge is 2.29. The van der Waals surface area contributed by atoms with E-state index in [-0.39, 0.29) is 10.8 Å². The molecule has 3 aromatic rings. The Morgan fingerprint density at radius 1 is 1.21 bits per heavy atom. The minimum Gasteiger partial charge on any atom is -0.340 e. The summed E-state index contributed by atoms with van der Waals surface area (Å²) in [6.07, 6.45) is 0. The molecule has 0 amide bonds. The predicted molar refractivity (Wildman–Crippen MR) is 95.3 cm³/mol. The number of benzene rings is 2. The molecule has 1 unspecified atom stereocenters. The quantitative estimate of drug-likeness (QED) is 0.372. The molecule has 0 bridgehead atoms. The van der Waals surface area contributed by atoms with Gasteiger partial charge in [-0.3, -0.25) is 4.57 Å². The number of aromatic nitrogens is 2. The number of imidazole rings is 1. The van der Waals surface area contributed by atoms with E-state index in [1.54, 1.807) is 18.2 Å². The van der Waals surface area contributed by atoms with Crippen molar-refractivity contribution in [1.82, 2.24) is 9.97 Å². The highest BCUT2D eigenvalue weighted by Crippen LogP contribution is 2.53. The Bertz CT molecular complexity index is 992. The number of fused-ring (bicyclic) bond motifs is 1. The topological polar surface area (TPSA) is 86.2 Å². The van der Waals surface area contributed by atoms with Crippen LogP contribution in [0.15, 0.2) is 30.3 Å². The molecular weight excluding hydrogens is 397 g/mol. The summed E-state index contributed by atoms with van der Waals surface area (Å²) < 4.78 is 25.0. The van der Waals surface area contributed by atoms with Gasteiger partial charge in [0, 0.05) is 5.56 Å². The lowest BCUT2D eigenvalue weighted by atomic mass is 10.0. The molecule has 24 heavy (non-hydrogen) atoms. The average Bonchev–Trinajstić information content (AvgIpc) is 2.90. The van der Waals surface area contributed by atoms with Crippen LogP contribution in [0.25, 0.3) is 22.2 Å². The molecule has 0 fully saturated rings. The second kappa shape index (κ2) is 6.33. The normalized spacial score (nSPS) is 13.4. The van der Waals surface area contributed by atoms with E-state index in [0.29, 0.717) is 27.2 Å². The maximum atomic E-state index is 13.7. The fraction of sp³-hybridized carbons (Fsp3) is 0.0714. The van der Waals surface area contributed by atoms with Crippen molar-refractivity contribution in [2.24, 2.45) is 0 Å². The van der Waals surface area contributed by atoms with E-state index in [2.05, 4.69) is 22.6 Å². The maximum absolute atomic E-state index is 13.7. The molecule has 10 heteroatoms. The van der Waals surface area contributed by atoms with E-state index in [1.165, 1.54) is 12.1 Å². The predicted octanol–water partition coefficient (Wildman–Crippen LogP) is 4.78. The Labute approximate surface area is 151 Å². The zero-order chi connectivity index (χ0) is 17.6. The van der Waals surface area contributed by atoms with Crippen LogP contribution in [0.4, 0.5) is 4.39 Å².